The topological polar surface area (TPSA) is 35.0 Å². The predicted molar refractivity (Wildman–Crippen MR) is 91.5 cm³/mol. The number of para-hydroxylation sites is 1. The second-order valence-electron chi connectivity index (χ2n) is 5.20. The second kappa shape index (κ2) is 5.89. The number of fused-ring (bicyclic) bond motifs is 1. The summed E-state index contributed by atoms with van der Waals surface area (Å²) in [4.78, 5) is 8.65. The quantitative estimate of drug-likeness (QED) is 0.528. The van der Waals surface area contributed by atoms with Gasteiger partial charge in [-0.05, 0) is 28.5 Å². The molecule has 4 rings (SSSR count). The van der Waals surface area contributed by atoms with Crippen molar-refractivity contribution in [1.82, 2.24) is 9.97 Å². The van der Waals surface area contributed by atoms with Gasteiger partial charge in [0.15, 0.2) is 0 Å². The average molecular weight is 298 g/mol. The molecule has 0 N–H and O–H groups in total. The van der Waals surface area contributed by atoms with Crippen LogP contribution in [0.4, 0.5) is 0 Å². The van der Waals surface area contributed by atoms with Crippen LogP contribution in [0, 0.1) is 0 Å². The van der Waals surface area contributed by atoms with Gasteiger partial charge in [-0.1, -0.05) is 60.7 Å². The van der Waals surface area contributed by atoms with Crippen LogP contribution >= 0.6 is 0 Å². The number of aromatic nitrogens is 2. The van der Waals surface area contributed by atoms with Gasteiger partial charge >= 0.3 is 6.01 Å². The molecule has 0 bridgehead atoms. The molecule has 110 valence electrons. The van der Waals surface area contributed by atoms with Gasteiger partial charge in [0.25, 0.3) is 0 Å². The maximum Gasteiger partial charge on any atom is 0.321 e. The Bertz CT molecular complexity index is 929. The second-order valence-corrected chi connectivity index (χ2v) is 5.20. The van der Waals surface area contributed by atoms with Gasteiger partial charge in [0.1, 0.15) is 5.75 Å². The molecule has 3 nitrogen and oxygen atoms in total. The van der Waals surface area contributed by atoms with Gasteiger partial charge in [-0.25, -0.2) is 9.97 Å². The summed E-state index contributed by atoms with van der Waals surface area (Å²) in [5, 5.41) is 2.39. The van der Waals surface area contributed by atoms with E-state index in [-0.39, 0.29) is 0 Å². The van der Waals surface area contributed by atoms with E-state index in [1.807, 2.05) is 48.5 Å². The van der Waals surface area contributed by atoms with E-state index in [0.717, 1.165) is 16.9 Å². The monoisotopic (exact) mass is 298 g/mol. The van der Waals surface area contributed by atoms with Gasteiger partial charge < -0.3 is 4.74 Å². The summed E-state index contributed by atoms with van der Waals surface area (Å²) in [6.45, 7) is 0. The van der Waals surface area contributed by atoms with Crippen LogP contribution < -0.4 is 4.74 Å². The summed E-state index contributed by atoms with van der Waals surface area (Å²) < 4.78 is 5.63. The zero-order valence-corrected chi connectivity index (χ0v) is 12.4. The van der Waals surface area contributed by atoms with Crippen molar-refractivity contribution >= 4 is 10.8 Å². The average Bonchev–Trinajstić information content (AvgIpc) is 2.63. The molecule has 0 radical (unpaired) electrons. The maximum atomic E-state index is 5.63. The summed E-state index contributed by atoms with van der Waals surface area (Å²) >= 11 is 0. The Balaban J connectivity index is 1.68. The van der Waals surface area contributed by atoms with E-state index in [4.69, 9.17) is 4.74 Å². The van der Waals surface area contributed by atoms with Gasteiger partial charge in [-0.2, -0.15) is 0 Å². The Morgan fingerprint density at radius 1 is 0.652 bits per heavy atom. The first-order valence-electron chi connectivity index (χ1n) is 7.43. The highest BCUT2D eigenvalue weighted by Crippen LogP contribution is 2.28. The molecule has 0 spiro atoms. The van der Waals surface area contributed by atoms with E-state index in [9.17, 15) is 0 Å². The van der Waals surface area contributed by atoms with E-state index >= 15 is 0 Å². The Hall–Kier alpha value is -3.20. The van der Waals surface area contributed by atoms with Crippen LogP contribution in [-0.4, -0.2) is 9.97 Å². The van der Waals surface area contributed by atoms with Crippen LogP contribution in [0.25, 0.3) is 21.9 Å². The van der Waals surface area contributed by atoms with E-state index in [0.29, 0.717) is 6.01 Å². The Labute approximate surface area is 134 Å². The van der Waals surface area contributed by atoms with Gasteiger partial charge in [0.05, 0.1) is 0 Å². The largest absolute Gasteiger partial charge is 0.424 e. The normalized spacial score (nSPS) is 10.6. The Kier molecular flexibility index (Phi) is 3.45. The van der Waals surface area contributed by atoms with Gasteiger partial charge in [-0.15, -0.1) is 0 Å². The van der Waals surface area contributed by atoms with Crippen molar-refractivity contribution in [2.75, 3.05) is 0 Å². The molecular formula is C20H14N2O. The summed E-state index contributed by atoms with van der Waals surface area (Å²) in [5.41, 5.74) is 2.09. The van der Waals surface area contributed by atoms with Crippen molar-refractivity contribution in [3.05, 3.63) is 85.2 Å². The fourth-order valence-corrected chi connectivity index (χ4v) is 2.58. The summed E-state index contributed by atoms with van der Waals surface area (Å²) in [7, 11) is 0. The first-order valence-corrected chi connectivity index (χ1v) is 7.43. The van der Waals surface area contributed by atoms with Crippen molar-refractivity contribution in [2.45, 2.75) is 0 Å². The molecule has 4 aromatic rings. The molecule has 23 heavy (non-hydrogen) atoms. The van der Waals surface area contributed by atoms with Gasteiger partial charge in [-0.3, -0.25) is 0 Å². The third kappa shape index (κ3) is 2.77. The Morgan fingerprint density at radius 3 is 2.17 bits per heavy atom. The highest BCUT2D eigenvalue weighted by atomic mass is 16.5. The smallest absolute Gasteiger partial charge is 0.321 e. The number of rotatable bonds is 3. The first kappa shape index (κ1) is 13.5. The molecule has 1 aromatic heterocycles. The predicted octanol–water partition coefficient (Wildman–Crippen LogP) is 5.09. The number of hydrogen-bond acceptors (Lipinski definition) is 3. The molecule has 3 heteroatoms. The summed E-state index contributed by atoms with van der Waals surface area (Å²) in [6, 6.07) is 24.4. The van der Waals surface area contributed by atoms with Crippen molar-refractivity contribution in [3.63, 3.8) is 0 Å². The Morgan fingerprint density at radius 2 is 1.35 bits per heavy atom. The lowest BCUT2D eigenvalue weighted by molar-refractivity contribution is 0.442. The van der Waals surface area contributed by atoms with Crippen LogP contribution in [0.1, 0.15) is 0 Å². The molecule has 0 aliphatic heterocycles. The fourth-order valence-electron chi connectivity index (χ4n) is 2.58. The van der Waals surface area contributed by atoms with E-state index in [1.54, 1.807) is 12.4 Å². The lowest BCUT2D eigenvalue weighted by atomic mass is 10.0. The molecule has 0 saturated carbocycles. The molecule has 0 fully saturated rings. The van der Waals surface area contributed by atoms with Crippen molar-refractivity contribution in [1.29, 1.82) is 0 Å². The lowest BCUT2D eigenvalue weighted by Crippen LogP contribution is -1.92. The van der Waals surface area contributed by atoms with Gasteiger partial charge in [0, 0.05) is 18.0 Å². The van der Waals surface area contributed by atoms with Crippen LogP contribution in [0.3, 0.4) is 0 Å². The zero-order valence-electron chi connectivity index (χ0n) is 12.4. The standard InChI is InChI=1S/C20H14N2O/c1-2-9-17(10-3-1)23-20-21-13-16(14-22-20)19-12-6-8-15-7-4-5-11-18(15)19/h1-14H. The molecule has 0 aliphatic rings. The van der Waals surface area contributed by atoms with Gasteiger partial charge in [0.2, 0.25) is 0 Å². The van der Waals surface area contributed by atoms with Crippen LogP contribution in [0.2, 0.25) is 0 Å². The molecule has 0 unspecified atom stereocenters. The molecular weight excluding hydrogens is 284 g/mol. The van der Waals surface area contributed by atoms with E-state index in [1.165, 1.54) is 10.8 Å². The fraction of sp³-hybridized carbons (Fsp3) is 0. The minimum absolute atomic E-state index is 0.347. The lowest BCUT2D eigenvalue weighted by Gasteiger charge is -2.07. The molecule has 0 saturated heterocycles. The molecule has 3 aromatic carbocycles. The summed E-state index contributed by atoms with van der Waals surface area (Å²) in [6.07, 6.45) is 3.60. The van der Waals surface area contributed by atoms with Crippen LogP contribution in [0.15, 0.2) is 85.2 Å². The van der Waals surface area contributed by atoms with Crippen LogP contribution in [0.5, 0.6) is 11.8 Å². The number of benzene rings is 3. The highest BCUT2D eigenvalue weighted by Gasteiger charge is 2.06. The SMILES string of the molecule is c1ccc(Oc2ncc(-c3cccc4ccccc34)cn2)cc1. The minimum Gasteiger partial charge on any atom is -0.424 e. The highest BCUT2D eigenvalue weighted by molar-refractivity contribution is 5.96. The molecule has 0 aliphatic carbocycles. The van der Waals surface area contributed by atoms with E-state index < -0.39 is 0 Å². The number of ether oxygens (including phenoxy) is 1. The van der Waals surface area contributed by atoms with E-state index in [2.05, 4.69) is 34.2 Å². The van der Waals surface area contributed by atoms with Crippen molar-refractivity contribution in [3.8, 4) is 22.9 Å². The number of nitrogens with zero attached hydrogens (tertiary/aromatic N) is 2. The molecule has 1 heterocycles. The first-order chi connectivity index (χ1) is 11.4. The van der Waals surface area contributed by atoms with Crippen molar-refractivity contribution < 1.29 is 4.74 Å². The third-order valence-corrected chi connectivity index (χ3v) is 3.68. The molecule has 0 amide bonds. The summed E-state index contributed by atoms with van der Waals surface area (Å²) in [5.74, 6) is 0.727. The number of hydrogen-bond donors (Lipinski definition) is 0. The molecule has 0 atom stereocenters. The third-order valence-electron chi connectivity index (χ3n) is 3.68. The minimum atomic E-state index is 0.347. The zero-order chi connectivity index (χ0) is 15.5. The maximum absolute atomic E-state index is 5.63. The van der Waals surface area contributed by atoms with Crippen LogP contribution in [-0.2, 0) is 0 Å². The van der Waals surface area contributed by atoms with Crippen molar-refractivity contribution in [2.24, 2.45) is 0 Å².